The average molecular weight is 418 g/mol. The van der Waals surface area contributed by atoms with Gasteiger partial charge in [-0.05, 0) is 44.9 Å². The number of aryl methyl sites for hydroxylation is 2. The van der Waals surface area contributed by atoms with Gasteiger partial charge in [-0.2, -0.15) is 13.2 Å². The second kappa shape index (κ2) is 7.62. The molecule has 3 heterocycles. The Morgan fingerprint density at radius 1 is 1.27 bits per heavy atom. The fourth-order valence-electron chi connectivity index (χ4n) is 3.80. The SMILES string of the molecule is Cc1oc2ncnc(N3CCC[C@@H](C(=O)Nc4cccc(C(F)(F)F)c4)C3)c2c1C. The Hall–Kier alpha value is -3.10. The number of rotatable bonds is 3. The first kappa shape index (κ1) is 20.2. The van der Waals surface area contributed by atoms with Crippen molar-refractivity contribution in [2.75, 3.05) is 23.3 Å². The summed E-state index contributed by atoms with van der Waals surface area (Å²) in [6, 6.07) is 4.67. The van der Waals surface area contributed by atoms with E-state index >= 15 is 0 Å². The zero-order valence-electron chi connectivity index (χ0n) is 16.6. The maximum absolute atomic E-state index is 12.9. The number of anilines is 2. The maximum atomic E-state index is 12.9. The number of alkyl halides is 3. The van der Waals surface area contributed by atoms with Crippen LogP contribution in [-0.2, 0) is 11.0 Å². The molecule has 4 rings (SSSR count). The Kier molecular flexibility index (Phi) is 5.13. The summed E-state index contributed by atoms with van der Waals surface area (Å²) in [5.41, 5.74) is 0.805. The lowest BCUT2D eigenvalue weighted by Gasteiger charge is -2.33. The molecule has 0 unspecified atom stereocenters. The summed E-state index contributed by atoms with van der Waals surface area (Å²) in [6.45, 7) is 4.95. The normalized spacial score (nSPS) is 17.4. The van der Waals surface area contributed by atoms with Crippen LogP contribution < -0.4 is 10.2 Å². The third kappa shape index (κ3) is 3.83. The zero-order valence-corrected chi connectivity index (χ0v) is 16.6. The van der Waals surface area contributed by atoms with Crippen molar-refractivity contribution in [3.63, 3.8) is 0 Å². The Bertz CT molecular complexity index is 1090. The Labute approximate surface area is 171 Å². The Balaban J connectivity index is 1.53. The first-order chi connectivity index (χ1) is 14.2. The minimum absolute atomic E-state index is 0.137. The fraction of sp³-hybridized carbons (Fsp3) is 0.381. The van der Waals surface area contributed by atoms with E-state index in [9.17, 15) is 18.0 Å². The van der Waals surface area contributed by atoms with Crippen molar-refractivity contribution in [2.24, 2.45) is 5.92 Å². The highest BCUT2D eigenvalue weighted by Crippen LogP contribution is 2.33. The van der Waals surface area contributed by atoms with Crippen LogP contribution in [-0.4, -0.2) is 29.0 Å². The van der Waals surface area contributed by atoms with Gasteiger partial charge in [0.05, 0.1) is 16.9 Å². The average Bonchev–Trinajstić information content (AvgIpc) is 3.01. The van der Waals surface area contributed by atoms with Gasteiger partial charge in [-0.3, -0.25) is 4.79 Å². The van der Waals surface area contributed by atoms with E-state index in [0.717, 1.165) is 41.8 Å². The topological polar surface area (TPSA) is 71.3 Å². The molecule has 1 saturated heterocycles. The highest BCUT2D eigenvalue weighted by Gasteiger charge is 2.32. The predicted octanol–water partition coefficient (Wildman–Crippen LogP) is 4.71. The van der Waals surface area contributed by atoms with E-state index in [1.807, 2.05) is 18.7 Å². The van der Waals surface area contributed by atoms with E-state index in [1.165, 1.54) is 18.5 Å². The number of hydrogen-bond donors (Lipinski definition) is 1. The molecule has 3 aromatic rings. The van der Waals surface area contributed by atoms with Crippen LogP contribution >= 0.6 is 0 Å². The number of piperidine rings is 1. The van der Waals surface area contributed by atoms with Gasteiger partial charge < -0.3 is 14.6 Å². The molecule has 1 aliphatic heterocycles. The van der Waals surface area contributed by atoms with Crippen molar-refractivity contribution in [3.05, 3.63) is 47.5 Å². The van der Waals surface area contributed by atoms with Gasteiger partial charge in [0.15, 0.2) is 0 Å². The van der Waals surface area contributed by atoms with Crippen LogP contribution in [0.5, 0.6) is 0 Å². The lowest BCUT2D eigenvalue weighted by atomic mass is 9.96. The summed E-state index contributed by atoms with van der Waals surface area (Å²) in [6.07, 6.45) is -1.60. The van der Waals surface area contributed by atoms with Gasteiger partial charge in [-0.1, -0.05) is 6.07 Å². The first-order valence-corrected chi connectivity index (χ1v) is 9.68. The van der Waals surface area contributed by atoms with E-state index in [0.29, 0.717) is 24.5 Å². The molecule has 158 valence electrons. The second-order valence-electron chi connectivity index (χ2n) is 7.51. The van der Waals surface area contributed by atoms with Gasteiger partial charge in [-0.25, -0.2) is 9.97 Å². The van der Waals surface area contributed by atoms with E-state index in [2.05, 4.69) is 15.3 Å². The summed E-state index contributed by atoms with van der Waals surface area (Å²) < 4.78 is 44.4. The van der Waals surface area contributed by atoms with Crippen LogP contribution in [0.25, 0.3) is 11.1 Å². The van der Waals surface area contributed by atoms with Crippen molar-refractivity contribution >= 4 is 28.5 Å². The molecular weight excluding hydrogens is 397 g/mol. The lowest BCUT2D eigenvalue weighted by molar-refractivity contribution is -0.137. The number of nitrogens with zero attached hydrogens (tertiary/aromatic N) is 3. The van der Waals surface area contributed by atoms with Crippen LogP contribution in [0.3, 0.4) is 0 Å². The number of halogens is 3. The Morgan fingerprint density at radius 3 is 2.83 bits per heavy atom. The minimum Gasteiger partial charge on any atom is -0.443 e. The lowest BCUT2D eigenvalue weighted by Crippen LogP contribution is -2.41. The molecule has 0 saturated carbocycles. The molecule has 1 amide bonds. The molecule has 1 fully saturated rings. The molecule has 1 aliphatic rings. The van der Waals surface area contributed by atoms with Crippen LogP contribution in [0.1, 0.15) is 29.7 Å². The van der Waals surface area contributed by atoms with Gasteiger partial charge in [-0.15, -0.1) is 0 Å². The van der Waals surface area contributed by atoms with Gasteiger partial charge in [0.25, 0.3) is 0 Å². The van der Waals surface area contributed by atoms with Crippen LogP contribution in [0.15, 0.2) is 35.0 Å². The number of hydrogen-bond acceptors (Lipinski definition) is 5. The van der Waals surface area contributed by atoms with Crippen molar-refractivity contribution in [1.29, 1.82) is 0 Å². The van der Waals surface area contributed by atoms with E-state index < -0.39 is 11.7 Å². The Morgan fingerprint density at radius 2 is 2.07 bits per heavy atom. The molecule has 0 bridgehead atoms. The highest BCUT2D eigenvalue weighted by atomic mass is 19.4. The van der Waals surface area contributed by atoms with Crippen molar-refractivity contribution in [1.82, 2.24) is 9.97 Å². The molecule has 2 aromatic heterocycles. The zero-order chi connectivity index (χ0) is 21.5. The summed E-state index contributed by atoms with van der Waals surface area (Å²) in [5.74, 6) is 0.810. The monoisotopic (exact) mass is 418 g/mol. The molecule has 9 heteroatoms. The van der Waals surface area contributed by atoms with Crippen LogP contribution in [0, 0.1) is 19.8 Å². The van der Waals surface area contributed by atoms with E-state index in [-0.39, 0.29) is 17.5 Å². The van der Waals surface area contributed by atoms with Gasteiger partial charge in [0, 0.05) is 24.3 Å². The summed E-state index contributed by atoms with van der Waals surface area (Å²) >= 11 is 0. The summed E-state index contributed by atoms with van der Waals surface area (Å²) in [7, 11) is 0. The quantitative estimate of drug-likeness (QED) is 0.667. The molecule has 1 N–H and O–H groups in total. The largest absolute Gasteiger partial charge is 0.443 e. The number of amides is 1. The second-order valence-corrected chi connectivity index (χ2v) is 7.51. The standard InChI is InChI=1S/C21H21F3N4O2/c1-12-13(2)30-20-17(12)18(25-11-26-20)28-8-4-5-14(10-28)19(29)27-16-7-3-6-15(9-16)21(22,23)24/h3,6-7,9,11,14H,4-5,8,10H2,1-2H3,(H,27,29)/t14-/m1/s1. The molecule has 30 heavy (non-hydrogen) atoms. The van der Waals surface area contributed by atoms with Crippen LogP contribution in [0.4, 0.5) is 24.7 Å². The third-order valence-corrected chi connectivity index (χ3v) is 5.49. The molecule has 6 nitrogen and oxygen atoms in total. The molecule has 0 radical (unpaired) electrons. The molecular formula is C21H21F3N4O2. The fourth-order valence-corrected chi connectivity index (χ4v) is 3.80. The third-order valence-electron chi connectivity index (χ3n) is 5.49. The molecule has 0 aliphatic carbocycles. The van der Waals surface area contributed by atoms with E-state index in [4.69, 9.17) is 4.42 Å². The molecule has 0 spiro atoms. The maximum Gasteiger partial charge on any atom is 0.416 e. The number of carbonyl (C=O) groups is 1. The number of benzene rings is 1. The molecule has 1 atom stereocenters. The number of carbonyl (C=O) groups excluding carboxylic acids is 1. The van der Waals surface area contributed by atoms with Gasteiger partial charge >= 0.3 is 6.18 Å². The van der Waals surface area contributed by atoms with Crippen molar-refractivity contribution in [2.45, 2.75) is 32.9 Å². The first-order valence-electron chi connectivity index (χ1n) is 9.68. The van der Waals surface area contributed by atoms with Crippen molar-refractivity contribution in [3.8, 4) is 0 Å². The number of furan rings is 1. The van der Waals surface area contributed by atoms with E-state index in [1.54, 1.807) is 0 Å². The minimum atomic E-state index is -4.46. The molecule has 1 aromatic carbocycles. The smallest absolute Gasteiger partial charge is 0.416 e. The number of nitrogens with one attached hydrogen (secondary N) is 1. The number of fused-ring (bicyclic) bond motifs is 1. The van der Waals surface area contributed by atoms with Gasteiger partial charge in [0.2, 0.25) is 11.6 Å². The predicted molar refractivity (Wildman–Crippen MR) is 106 cm³/mol. The summed E-state index contributed by atoms with van der Waals surface area (Å²) in [4.78, 5) is 23.4. The number of aromatic nitrogens is 2. The highest BCUT2D eigenvalue weighted by molar-refractivity contribution is 5.94. The van der Waals surface area contributed by atoms with Gasteiger partial charge in [0.1, 0.15) is 17.9 Å². The van der Waals surface area contributed by atoms with Crippen molar-refractivity contribution < 1.29 is 22.4 Å². The summed E-state index contributed by atoms with van der Waals surface area (Å²) in [5, 5.41) is 3.46. The van der Waals surface area contributed by atoms with Crippen LogP contribution in [0.2, 0.25) is 0 Å².